The third kappa shape index (κ3) is 1.54. The Bertz CT molecular complexity index is 175. The van der Waals surface area contributed by atoms with E-state index in [0.29, 0.717) is 0 Å². The molecule has 0 aromatic heterocycles. The van der Waals surface area contributed by atoms with Crippen molar-refractivity contribution < 1.29 is 4.79 Å². The number of primary amides is 1. The van der Waals surface area contributed by atoms with Crippen molar-refractivity contribution in [1.82, 2.24) is 4.90 Å². The molecule has 0 aliphatic heterocycles. The standard InChI is InChI=1S/C9H18N2O/c1-3-7-11(8(10)12)9(4-2)5-6-9/h3-7H2,1-2H3,(H2,10,12). The Morgan fingerprint density at radius 2 is 2.08 bits per heavy atom. The van der Waals surface area contributed by atoms with Crippen molar-refractivity contribution in [1.29, 1.82) is 0 Å². The Kier molecular flexibility index (Phi) is 2.60. The molecule has 1 aliphatic rings. The minimum Gasteiger partial charge on any atom is -0.351 e. The number of carbonyl (C=O) groups excluding carboxylic acids is 1. The van der Waals surface area contributed by atoms with Crippen LogP contribution in [0.4, 0.5) is 4.79 Å². The van der Waals surface area contributed by atoms with Gasteiger partial charge in [0.15, 0.2) is 0 Å². The zero-order valence-corrected chi connectivity index (χ0v) is 7.97. The number of nitrogens with zero attached hydrogens (tertiary/aromatic N) is 1. The summed E-state index contributed by atoms with van der Waals surface area (Å²) in [6, 6.07) is -0.254. The van der Waals surface area contributed by atoms with Crippen LogP contribution in [-0.2, 0) is 0 Å². The smallest absolute Gasteiger partial charge is 0.315 e. The second kappa shape index (κ2) is 3.33. The molecule has 0 heterocycles. The van der Waals surface area contributed by atoms with Crippen LogP contribution < -0.4 is 5.73 Å². The van der Waals surface area contributed by atoms with Crippen LogP contribution in [0.15, 0.2) is 0 Å². The number of amides is 2. The second-order valence-corrected chi connectivity index (χ2v) is 3.57. The van der Waals surface area contributed by atoms with E-state index in [1.807, 2.05) is 4.90 Å². The molecule has 2 amide bonds. The van der Waals surface area contributed by atoms with Gasteiger partial charge in [-0.05, 0) is 25.7 Å². The molecule has 0 saturated heterocycles. The van der Waals surface area contributed by atoms with Gasteiger partial charge < -0.3 is 10.6 Å². The lowest BCUT2D eigenvalue weighted by Gasteiger charge is -2.29. The average Bonchev–Trinajstić information content (AvgIpc) is 2.80. The largest absolute Gasteiger partial charge is 0.351 e. The lowest BCUT2D eigenvalue weighted by Crippen LogP contribution is -2.45. The molecule has 1 rings (SSSR count). The maximum atomic E-state index is 11.1. The number of rotatable bonds is 4. The number of hydrogen-bond acceptors (Lipinski definition) is 1. The number of urea groups is 1. The number of carbonyl (C=O) groups is 1. The van der Waals surface area contributed by atoms with Gasteiger partial charge in [-0.15, -0.1) is 0 Å². The average molecular weight is 170 g/mol. The molecule has 3 heteroatoms. The van der Waals surface area contributed by atoms with Gasteiger partial charge in [-0.1, -0.05) is 13.8 Å². The molecule has 0 unspecified atom stereocenters. The quantitative estimate of drug-likeness (QED) is 0.686. The third-order valence-corrected chi connectivity index (χ3v) is 2.77. The first-order chi connectivity index (χ1) is 5.66. The van der Waals surface area contributed by atoms with Crippen LogP contribution in [0.2, 0.25) is 0 Å². The van der Waals surface area contributed by atoms with Gasteiger partial charge in [0.1, 0.15) is 0 Å². The van der Waals surface area contributed by atoms with Crippen LogP contribution in [0.5, 0.6) is 0 Å². The molecule has 0 spiro atoms. The molecule has 1 saturated carbocycles. The Morgan fingerprint density at radius 1 is 1.50 bits per heavy atom. The fourth-order valence-electron chi connectivity index (χ4n) is 1.76. The maximum Gasteiger partial charge on any atom is 0.315 e. The van der Waals surface area contributed by atoms with E-state index in [2.05, 4.69) is 13.8 Å². The Balaban J connectivity index is 2.59. The zero-order valence-electron chi connectivity index (χ0n) is 7.97. The fourth-order valence-corrected chi connectivity index (χ4v) is 1.76. The van der Waals surface area contributed by atoms with Crippen molar-refractivity contribution in [3.05, 3.63) is 0 Å². The highest BCUT2D eigenvalue weighted by Gasteiger charge is 2.47. The van der Waals surface area contributed by atoms with E-state index < -0.39 is 0 Å². The Hall–Kier alpha value is -0.730. The van der Waals surface area contributed by atoms with Crippen molar-refractivity contribution >= 4 is 6.03 Å². The predicted octanol–water partition coefficient (Wildman–Crippen LogP) is 1.72. The van der Waals surface area contributed by atoms with E-state index in [1.54, 1.807) is 0 Å². The van der Waals surface area contributed by atoms with Crippen LogP contribution in [0.25, 0.3) is 0 Å². The van der Waals surface area contributed by atoms with Gasteiger partial charge in [0.05, 0.1) is 0 Å². The molecular formula is C9H18N2O. The summed E-state index contributed by atoms with van der Waals surface area (Å²) in [7, 11) is 0. The highest BCUT2D eigenvalue weighted by atomic mass is 16.2. The van der Waals surface area contributed by atoms with E-state index in [-0.39, 0.29) is 11.6 Å². The summed E-state index contributed by atoms with van der Waals surface area (Å²) in [6.45, 7) is 5.00. The van der Waals surface area contributed by atoms with Crippen LogP contribution in [-0.4, -0.2) is 23.0 Å². The first-order valence-corrected chi connectivity index (χ1v) is 4.73. The second-order valence-electron chi connectivity index (χ2n) is 3.57. The first-order valence-electron chi connectivity index (χ1n) is 4.73. The summed E-state index contributed by atoms with van der Waals surface area (Å²) in [5, 5.41) is 0. The Labute approximate surface area is 73.9 Å². The molecule has 3 nitrogen and oxygen atoms in total. The number of nitrogens with two attached hydrogens (primary N) is 1. The summed E-state index contributed by atoms with van der Waals surface area (Å²) in [5.74, 6) is 0. The van der Waals surface area contributed by atoms with Crippen LogP contribution in [0, 0.1) is 0 Å². The summed E-state index contributed by atoms with van der Waals surface area (Å²) in [6.07, 6.45) is 4.29. The molecular weight excluding hydrogens is 152 g/mol. The molecule has 1 fully saturated rings. The SMILES string of the molecule is CCCN(C(N)=O)C1(CC)CC1. The monoisotopic (exact) mass is 170 g/mol. The van der Waals surface area contributed by atoms with Crippen molar-refractivity contribution in [2.24, 2.45) is 5.73 Å². The molecule has 0 radical (unpaired) electrons. The van der Waals surface area contributed by atoms with Crippen molar-refractivity contribution in [3.8, 4) is 0 Å². The van der Waals surface area contributed by atoms with E-state index in [1.165, 1.54) is 0 Å². The highest BCUT2D eigenvalue weighted by molar-refractivity contribution is 5.73. The van der Waals surface area contributed by atoms with E-state index >= 15 is 0 Å². The first kappa shape index (κ1) is 9.36. The van der Waals surface area contributed by atoms with Gasteiger partial charge in [0, 0.05) is 12.1 Å². The minimum absolute atomic E-state index is 0.141. The summed E-state index contributed by atoms with van der Waals surface area (Å²) >= 11 is 0. The lowest BCUT2D eigenvalue weighted by molar-refractivity contribution is 0.172. The number of hydrogen-bond donors (Lipinski definition) is 1. The highest BCUT2D eigenvalue weighted by Crippen LogP contribution is 2.44. The van der Waals surface area contributed by atoms with Crippen LogP contribution in [0.3, 0.4) is 0 Å². The molecule has 2 N–H and O–H groups in total. The zero-order chi connectivity index (χ0) is 9.19. The maximum absolute atomic E-state index is 11.1. The van der Waals surface area contributed by atoms with Gasteiger partial charge in [-0.25, -0.2) is 4.79 Å². The van der Waals surface area contributed by atoms with Gasteiger partial charge >= 0.3 is 6.03 Å². The minimum atomic E-state index is -0.254. The fraction of sp³-hybridized carbons (Fsp3) is 0.889. The molecule has 0 aromatic carbocycles. The van der Waals surface area contributed by atoms with Gasteiger partial charge in [-0.2, -0.15) is 0 Å². The Morgan fingerprint density at radius 3 is 2.33 bits per heavy atom. The predicted molar refractivity (Wildman–Crippen MR) is 48.8 cm³/mol. The van der Waals surface area contributed by atoms with Gasteiger partial charge in [-0.3, -0.25) is 0 Å². The normalized spacial score (nSPS) is 18.8. The van der Waals surface area contributed by atoms with Crippen molar-refractivity contribution in [2.75, 3.05) is 6.54 Å². The molecule has 0 aromatic rings. The van der Waals surface area contributed by atoms with Crippen LogP contribution >= 0.6 is 0 Å². The van der Waals surface area contributed by atoms with E-state index in [0.717, 1.165) is 32.2 Å². The molecule has 0 atom stereocenters. The van der Waals surface area contributed by atoms with Gasteiger partial charge in [0.25, 0.3) is 0 Å². The topological polar surface area (TPSA) is 46.3 Å². The third-order valence-electron chi connectivity index (χ3n) is 2.77. The van der Waals surface area contributed by atoms with Crippen molar-refractivity contribution in [3.63, 3.8) is 0 Å². The van der Waals surface area contributed by atoms with E-state index in [4.69, 9.17) is 5.73 Å². The van der Waals surface area contributed by atoms with Crippen LogP contribution in [0.1, 0.15) is 39.5 Å². The summed E-state index contributed by atoms with van der Waals surface area (Å²) in [5.41, 5.74) is 5.45. The van der Waals surface area contributed by atoms with Gasteiger partial charge in [0.2, 0.25) is 0 Å². The molecule has 0 bridgehead atoms. The summed E-state index contributed by atoms with van der Waals surface area (Å²) < 4.78 is 0. The lowest BCUT2D eigenvalue weighted by atomic mass is 10.1. The molecule has 12 heavy (non-hydrogen) atoms. The molecule has 70 valence electrons. The molecule has 1 aliphatic carbocycles. The summed E-state index contributed by atoms with van der Waals surface area (Å²) in [4.78, 5) is 12.9. The van der Waals surface area contributed by atoms with Crippen molar-refractivity contribution in [2.45, 2.75) is 45.1 Å². The van der Waals surface area contributed by atoms with E-state index in [9.17, 15) is 4.79 Å².